The van der Waals surface area contributed by atoms with Crippen molar-refractivity contribution in [1.82, 2.24) is 15.1 Å². The Kier molecular flexibility index (Phi) is 5.57. The Balaban J connectivity index is 1.27. The van der Waals surface area contributed by atoms with Crippen molar-refractivity contribution in [1.29, 1.82) is 0 Å². The molecule has 0 spiro atoms. The molecule has 28 heavy (non-hydrogen) atoms. The summed E-state index contributed by atoms with van der Waals surface area (Å²) >= 11 is 1.25. The van der Waals surface area contributed by atoms with Crippen molar-refractivity contribution in [3.05, 3.63) is 60.4 Å². The monoisotopic (exact) mass is 398 g/mol. The molecule has 1 amide bonds. The van der Waals surface area contributed by atoms with Crippen molar-refractivity contribution in [3.63, 3.8) is 0 Å². The lowest BCUT2D eigenvalue weighted by Gasteiger charge is -2.36. The summed E-state index contributed by atoms with van der Waals surface area (Å²) in [4.78, 5) is 16.5. The van der Waals surface area contributed by atoms with Gasteiger partial charge in [-0.05, 0) is 36.4 Å². The summed E-state index contributed by atoms with van der Waals surface area (Å²) in [6.45, 7) is 2.72. The number of carbonyl (C=O) groups excluding carboxylic acids is 1. The Bertz CT molecular complexity index is 925. The van der Waals surface area contributed by atoms with Crippen molar-refractivity contribution in [2.24, 2.45) is 0 Å². The molecule has 6 nitrogen and oxygen atoms in total. The number of anilines is 1. The van der Waals surface area contributed by atoms with E-state index in [0.29, 0.717) is 24.2 Å². The molecule has 3 aromatic rings. The molecule has 1 aliphatic rings. The van der Waals surface area contributed by atoms with Crippen molar-refractivity contribution in [2.45, 2.75) is 5.22 Å². The van der Waals surface area contributed by atoms with E-state index >= 15 is 0 Å². The predicted molar refractivity (Wildman–Crippen MR) is 106 cm³/mol. The zero-order chi connectivity index (χ0) is 19.3. The molecule has 0 bridgehead atoms. The summed E-state index contributed by atoms with van der Waals surface area (Å²) in [5.74, 6) is 0.505. The van der Waals surface area contributed by atoms with E-state index in [1.807, 2.05) is 35.2 Å². The number of thioether (sulfide) groups is 1. The fourth-order valence-electron chi connectivity index (χ4n) is 3.05. The first kappa shape index (κ1) is 18.5. The normalized spacial score (nSPS) is 14.3. The number of hydrogen-bond acceptors (Lipinski definition) is 6. The van der Waals surface area contributed by atoms with Gasteiger partial charge in [-0.1, -0.05) is 30.0 Å². The lowest BCUT2D eigenvalue weighted by atomic mass is 10.2. The van der Waals surface area contributed by atoms with E-state index in [2.05, 4.69) is 15.1 Å². The van der Waals surface area contributed by atoms with Gasteiger partial charge in [-0.2, -0.15) is 0 Å². The molecular weight excluding hydrogens is 379 g/mol. The molecule has 0 N–H and O–H groups in total. The van der Waals surface area contributed by atoms with Gasteiger partial charge in [0, 0.05) is 37.4 Å². The first-order valence-electron chi connectivity index (χ1n) is 8.99. The third-order valence-corrected chi connectivity index (χ3v) is 5.37. The van der Waals surface area contributed by atoms with E-state index in [1.165, 1.54) is 23.9 Å². The lowest BCUT2D eigenvalue weighted by molar-refractivity contribution is -0.128. The molecule has 0 aliphatic carbocycles. The van der Waals surface area contributed by atoms with Gasteiger partial charge < -0.3 is 14.2 Å². The highest BCUT2D eigenvalue weighted by molar-refractivity contribution is 7.99. The van der Waals surface area contributed by atoms with Crippen LogP contribution >= 0.6 is 11.8 Å². The minimum Gasteiger partial charge on any atom is -0.411 e. The molecule has 0 saturated carbocycles. The van der Waals surface area contributed by atoms with E-state index in [0.717, 1.165) is 24.3 Å². The van der Waals surface area contributed by atoms with Gasteiger partial charge in [0.15, 0.2) is 0 Å². The number of aromatic nitrogens is 2. The van der Waals surface area contributed by atoms with Crippen LogP contribution in [0.4, 0.5) is 10.1 Å². The molecule has 1 saturated heterocycles. The largest absolute Gasteiger partial charge is 0.411 e. The highest BCUT2D eigenvalue weighted by Crippen LogP contribution is 2.23. The van der Waals surface area contributed by atoms with Crippen LogP contribution in [0.3, 0.4) is 0 Å². The molecule has 2 heterocycles. The Morgan fingerprint density at radius 3 is 2.43 bits per heavy atom. The zero-order valence-electron chi connectivity index (χ0n) is 15.1. The molecule has 4 rings (SSSR count). The molecular formula is C20H19FN4O2S. The van der Waals surface area contributed by atoms with Crippen LogP contribution in [0.2, 0.25) is 0 Å². The average Bonchev–Trinajstić information content (AvgIpc) is 3.22. The van der Waals surface area contributed by atoms with Gasteiger partial charge in [-0.3, -0.25) is 4.79 Å². The first-order valence-corrected chi connectivity index (χ1v) is 9.97. The summed E-state index contributed by atoms with van der Waals surface area (Å²) in [6, 6.07) is 16.0. The first-order chi connectivity index (χ1) is 13.7. The number of hydrogen-bond donors (Lipinski definition) is 0. The van der Waals surface area contributed by atoms with Crippen molar-refractivity contribution >= 4 is 23.4 Å². The summed E-state index contributed by atoms with van der Waals surface area (Å²) in [5, 5.41) is 8.42. The molecule has 144 valence electrons. The van der Waals surface area contributed by atoms with Gasteiger partial charge in [-0.25, -0.2) is 4.39 Å². The van der Waals surface area contributed by atoms with E-state index in [-0.39, 0.29) is 17.5 Å². The molecule has 0 radical (unpaired) electrons. The van der Waals surface area contributed by atoms with Crippen molar-refractivity contribution < 1.29 is 13.6 Å². The van der Waals surface area contributed by atoms with Gasteiger partial charge >= 0.3 is 0 Å². The molecule has 1 fully saturated rings. The summed E-state index contributed by atoms with van der Waals surface area (Å²) < 4.78 is 18.7. The van der Waals surface area contributed by atoms with Crippen molar-refractivity contribution in [2.75, 3.05) is 36.8 Å². The number of piperazine rings is 1. The molecule has 1 aliphatic heterocycles. The fraction of sp³-hybridized carbons (Fsp3) is 0.250. The molecule has 0 atom stereocenters. The summed E-state index contributed by atoms with van der Waals surface area (Å²) in [7, 11) is 0. The van der Waals surface area contributed by atoms with Crippen LogP contribution in [0.15, 0.2) is 64.2 Å². The standard InChI is InChI=1S/C20H19FN4O2S/c21-16-6-8-17(9-7-16)24-10-12-25(13-11-24)18(26)14-28-20-23-22-19(27-20)15-4-2-1-3-5-15/h1-9H,10-14H2. The van der Waals surface area contributed by atoms with Crippen molar-refractivity contribution in [3.8, 4) is 11.5 Å². The lowest BCUT2D eigenvalue weighted by Crippen LogP contribution is -2.49. The minimum atomic E-state index is -0.244. The Labute approximate surface area is 166 Å². The van der Waals surface area contributed by atoms with E-state index in [1.54, 1.807) is 12.1 Å². The van der Waals surface area contributed by atoms with Crippen LogP contribution in [0, 0.1) is 5.82 Å². The van der Waals surface area contributed by atoms with E-state index in [4.69, 9.17) is 4.42 Å². The Hall–Kier alpha value is -2.87. The highest BCUT2D eigenvalue weighted by Gasteiger charge is 2.22. The molecule has 2 aromatic carbocycles. The number of rotatable bonds is 5. The number of halogens is 1. The summed E-state index contributed by atoms with van der Waals surface area (Å²) in [5.41, 5.74) is 1.83. The maximum absolute atomic E-state index is 13.1. The summed E-state index contributed by atoms with van der Waals surface area (Å²) in [6.07, 6.45) is 0. The molecule has 1 aromatic heterocycles. The van der Waals surface area contributed by atoms with Crippen LogP contribution in [-0.4, -0.2) is 52.9 Å². The molecule has 8 heteroatoms. The van der Waals surface area contributed by atoms with Crippen LogP contribution < -0.4 is 4.90 Å². The second kappa shape index (κ2) is 8.43. The third kappa shape index (κ3) is 4.33. The fourth-order valence-corrected chi connectivity index (χ4v) is 3.71. The zero-order valence-corrected chi connectivity index (χ0v) is 15.9. The van der Waals surface area contributed by atoms with Crippen LogP contribution in [0.25, 0.3) is 11.5 Å². The van der Waals surface area contributed by atoms with Crippen LogP contribution in [0.5, 0.6) is 0 Å². The number of amides is 1. The maximum Gasteiger partial charge on any atom is 0.277 e. The topological polar surface area (TPSA) is 62.5 Å². The van der Waals surface area contributed by atoms with Gasteiger partial charge in [-0.15, -0.1) is 10.2 Å². The molecule has 0 unspecified atom stereocenters. The number of benzene rings is 2. The quantitative estimate of drug-likeness (QED) is 0.615. The third-order valence-electron chi connectivity index (χ3n) is 4.57. The van der Waals surface area contributed by atoms with E-state index in [9.17, 15) is 9.18 Å². The predicted octanol–water partition coefficient (Wildman–Crippen LogP) is 3.32. The average molecular weight is 398 g/mol. The van der Waals surface area contributed by atoms with E-state index < -0.39 is 0 Å². The van der Waals surface area contributed by atoms with Gasteiger partial charge in [0.25, 0.3) is 5.22 Å². The Morgan fingerprint density at radius 1 is 1.00 bits per heavy atom. The number of nitrogens with zero attached hydrogens (tertiary/aromatic N) is 4. The van der Waals surface area contributed by atoms with Gasteiger partial charge in [0.05, 0.1) is 5.75 Å². The van der Waals surface area contributed by atoms with Crippen LogP contribution in [0.1, 0.15) is 0 Å². The second-order valence-corrected chi connectivity index (χ2v) is 7.30. The highest BCUT2D eigenvalue weighted by atomic mass is 32.2. The SMILES string of the molecule is O=C(CSc1nnc(-c2ccccc2)o1)N1CCN(c2ccc(F)cc2)CC1. The smallest absolute Gasteiger partial charge is 0.277 e. The van der Waals surface area contributed by atoms with Gasteiger partial charge in [0.2, 0.25) is 11.8 Å². The maximum atomic E-state index is 13.1. The minimum absolute atomic E-state index is 0.0446. The second-order valence-electron chi connectivity index (χ2n) is 6.37. The number of carbonyl (C=O) groups is 1. The van der Waals surface area contributed by atoms with Gasteiger partial charge in [0.1, 0.15) is 5.82 Å². The van der Waals surface area contributed by atoms with Crippen LogP contribution in [-0.2, 0) is 4.79 Å². The Morgan fingerprint density at radius 2 is 1.71 bits per heavy atom.